The third-order valence-corrected chi connectivity index (χ3v) is 4.08. The Kier molecular flexibility index (Phi) is 6.17. The van der Waals surface area contributed by atoms with Gasteiger partial charge >= 0.3 is 5.97 Å². The van der Waals surface area contributed by atoms with Crippen LogP contribution in [-0.4, -0.2) is 18.5 Å². The summed E-state index contributed by atoms with van der Waals surface area (Å²) < 4.78 is 5.08. The summed E-state index contributed by atoms with van der Waals surface area (Å²) in [6.45, 7) is -0.376. The molecule has 5 nitrogen and oxygen atoms in total. The minimum absolute atomic E-state index is 0.314. The first-order valence-electron chi connectivity index (χ1n) is 8.74. The van der Waals surface area contributed by atoms with Crippen LogP contribution in [0.15, 0.2) is 78.9 Å². The molecule has 1 N–H and O–H groups in total. The number of nitriles is 1. The predicted molar refractivity (Wildman–Crippen MR) is 107 cm³/mol. The standard InChI is InChI=1S/C23H18N2O3/c24-15-14-17-6-12-21(13-7-17)25-22(26)16-28-23(27)20-10-8-19(9-11-20)18-4-2-1-3-5-18/h1-13H,14,16H2,(H,25,26). The quantitative estimate of drug-likeness (QED) is 0.659. The molecule has 0 heterocycles. The highest BCUT2D eigenvalue weighted by Gasteiger charge is 2.11. The fourth-order valence-electron chi connectivity index (χ4n) is 2.64. The van der Waals surface area contributed by atoms with Gasteiger partial charge in [0.2, 0.25) is 0 Å². The molecule has 138 valence electrons. The van der Waals surface area contributed by atoms with Gasteiger partial charge in [0.15, 0.2) is 6.61 Å². The zero-order valence-corrected chi connectivity index (χ0v) is 15.1. The lowest BCUT2D eigenvalue weighted by atomic mass is 10.0. The van der Waals surface area contributed by atoms with E-state index < -0.39 is 11.9 Å². The summed E-state index contributed by atoms with van der Waals surface area (Å²) in [7, 11) is 0. The van der Waals surface area contributed by atoms with Gasteiger partial charge in [0.05, 0.1) is 18.1 Å². The number of amides is 1. The molecule has 3 aromatic rings. The monoisotopic (exact) mass is 370 g/mol. The van der Waals surface area contributed by atoms with Gasteiger partial charge in [-0.15, -0.1) is 0 Å². The van der Waals surface area contributed by atoms with Gasteiger partial charge < -0.3 is 10.1 Å². The third-order valence-electron chi connectivity index (χ3n) is 4.08. The fourth-order valence-corrected chi connectivity index (χ4v) is 2.64. The van der Waals surface area contributed by atoms with Crippen LogP contribution < -0.4 is 5.32 Å². The number of anilines is 1. The summed E-state index contributed by atoms with van der Waals surface area (Å²) in [5.41, 5.74) is 3.88. The van der Waals surface area contributed by atoms with E-state index in [9.17, 15) is 9.59 Å². The number of ether oxygens (including phenoxy) is 1. The number of nitrogens with zero attached hydrogens (tertiary/aromatic N) is 1. The maximum atomic E-state index is 12.1. The number of hydrogen-bond acceptors (Lipinski definition) is 4. The second-order valence-electron chi connectivity index (χ2n) is 6.10. The van der Waals surface area contributed by atoms with Crippen molar-refractivity contribution in [3.05, 3.63) is 90.0 Å². The molecule has 28 heavy (non-hydrogen) atoms. The van der Waals surface area contributed by atoms with Crippen molar-refractivity contribution < 1.29 is 14.3 Å². The Morgan fingerprint density at radius 1 is 0.857 bits per heavy atom. The molecule has 0 atom stereocenters. The molecular weight excluding hydrogens is 352 g/mol. The van der Waals surface area contributed by atoms with Crippen LogP contribution in [0.25, 0.3) is 11.1 Å². The van der Waals surface area contributed by atoms with Crippen molar-refractivity contribution in [2.45, 2.75) is 6.42 Å². The molecule has 0 saturated carbocycles. The molecule has 0 aromatic heterocycles. The van der Waals surface area contributed by atoms with E-state index in [0.717, 1.165) is 16.7 Å². The molecule has 0 fully saturated rings. The molecule has 0 radical (unpaired) electrons. The summed E-state index contributed by atoms with van der Waals surface area (Å²) in [5.74, 6) is -0.985. The number of nitrogens with one attached hydrogen (secondary N) is 1. The highest BCUT2D eigenvalue weighted by atomic mass is 16.5. The van der Waals surface area contributed by atoms with E-state index in [2.05, 4.69) is 11.4 Å². The van der Waals surface area contributed by atoms with Crippen molar-refractivity contribution in [1.29, 1.82) is 5.26 Å². The van der Waals surface area contributed by atoms with Crippen LogP contribution in [0.1, 0.15) is 15.9 Å². The molecule has 1 amide bonds. The Morgan fingerprint density at radius 2 is 1.50 bits per heavy atom. The van der Waals surface area contributed by atoms with Crippen molar-refractivity contribution >= 4 is 17.6 Å². The van der Waals surface area contributed by atoms with E-state index in [4.69, 9.17) is 10.00 Å². The van der Waals surface area contributed by atoms with Gasteiger partial charge in [-0.1, -0.05) is 54.6 Å². The Morgan fingerprint density at radius 3 is 2.14 bits per heavy atom. The smallest absolute Gasteiger partial charge is 0.338 e. The summed E-state index contributed by atoms with van der Waals surface area (Å²) >= 11 is 0. The van der Waals surface area contributed by atoms with Crippen molar-refractivity contribution in [1.82, 2.24) is 0 Å². The highest BCUT2D eigenvalue weighted by Crippen LogP contribution is 2.19. The first-order valence-corrected chi connectivity index (χ1v) is 8.74. The molecule has 3 rings (SSSR count). The number of esters is 1. The van der Waals surface area contributed by atoms with E-state index in [-0.39, 0.29) is 6.61 Å². The van der Waals surface area contributed by atoms with Crippen LogP contribution in [0.4, 0.5) is 5.69 Å². The molecule has 0 aliphatic heterocycles. The van der Waals surface area contributed by atoms with Crippen LogP contribution in [0.2, 0.25) is 0 Å². The van der Waals surface area contributed by atoms with Crippen molar-refractivity contribution in [3.63, 3.8) is 0 Å². The van der Waals surface area contributed by atoms with E-state index >= 15 is 0 Å². The SMILES string of the molecule is N#CCc1ccc(NC(=O)COC(=O)c2ccc(-c3ccccc3)cc2)cc1. The summed E-state index contributed by atoms with van der Waals surface area (Å²) in [5, 5.41) is 11.3. The van der Waals surface area contributed by atoms with Gasteiger partial charge in [-0.2, -0.15) is 5.26 Å². The lowest BCUT2D eigenvalue weighted by molar-refractivity contribution is -0.119. The Labute approximate surface area is 163 Å². The fraction of sp³-hybridized carbons (Fsp3) is 0.0870. The van der Waals surface area contributed by atoms with Gasteiger partial charge in [0, 0.05) is 5.69 Å². The van der Waals surface area contributed by atoms with Crippen molar-refractivity contribution in [2.75, 3.05) is 11.9 Å². The topological polar surface area (TPSA) is 79.2 Å². The number of carbonyl (C=O) groups is 2. The number of hydrogen-bond donors (Lipinski definition) is 1. The lowest BCUT2D eigenvalue weighted by Crippen LogP contribution is -2.20. The van der Waals surface area contributed by atoms with Gasteiger partial charge in [-0.05, 0) is 41.0 Å². The molecule has 0 aliphatic carbocycles. The average molecular weight is 370 g/mol. The minimum atomic E-state index is -0.556. The Bertz CT molecular complexity index is 989. The lowest BCUT2D eigenvalue weighted by Gasteiger charge is -2.08. The Balaban J connectivity index is 1.52. The van der Waals surface area contributed by atoms with Gasteiger partial charge in [-0.3, -0.25) is 4.79 Å². The summed E-state index contributed by atoms with van der Waals surface area (Å²) in [4.78, 5) is 24.1. The second kappa shape index (κ2) is 9.15. The van der Waals surface area contributed by atoms with Crippen molar-refractivity contribution in [3.8, 4) is 17.2 Å². The molecule has 0 unspecified atom stereocenters. The zero-order valence-electron chi connectivity index (χ0n) is 15.1. The molecular formula is C23H18N2O3. The summed E-state index contributed by atoms with van der Waals surface area (Å²) in [6, 6.07) is 25.9. The van der Waals surface area contributed by atoms with Crippen LogP contribution in [0.3, 0.4) is 0 Å². The van der Waals surface area contributed by atoms with Gasteiger partial charge in [0.1, 0.15) is 0 Å². The average Bonchev–Trinajstić information content (AvgIpc) is 2.74. The largest absolute Gasteiger partial charge is 0.452 e. The maximum absolute atomic E-state index is 12.1. The van der Waals surface area contributed by atoms with Crippen LogP contribution in [-0.2, 0) is 16.0 Å². The van der Waals surface area contributed by atoms with Crippen LogP contribution in [0.5, 0.6) is 0 Å². The molecule has 3 aromatic carbocycles. The first kappa shape index (κ1) is 18.9. The van der Waals surface area contributed by atoms with E-state index in [1.165, 1.54) is 0 Å². The van der Waals surface area contributed by atoms with Gasteiger partial charge in [-0.25, -0.2) is 4.79 Å². The second-order valence-corrected chi connectivity index (χ2v) is 6.10. The predicted octanol–water partition coefficient (Wildman–Crippen LogP) is 4.22. The molecule has 5 heteroatoms. The molecule has 0 aliphatic rings. The maximum Gasteiger partial charge on any atom is 0.338 e. The van der Waals surface area contributed by atoms with Gasteiger partial charge in [0.25, 0.3) is 5.91 Å². The summed E-state index contributed by atoms with van der Waals surface area (Å²) in [6.07, 6.45) is 0.314. The van der Waals surface area contributed by atoms with E-state index in [0.29, 0.717) is 17.7 Å². The number of benzene rings is 3. The minimum Gasteiger partial charge on any atom is -0.452 e. The Hall–Kier alpha value is -3.91. The number of rotatable bonds is 6. The van der Waals surface area contributed by atoms with Crippen molar-refractivity contribution in [2.24, 2.45) is 0 Å². The van der Waals surface area contributed by atoms with E-state index in [1.807, 2.05) is 42.5 Å². The number of carbonyl (C=O) groups excluding carboxylic acids is 2. The highest BCUT2D eigenvalue weighted by molar-refractivity contribution is 5.95. The van der Waals surface area contributed by atoms with Crippen LogP contribution in [0, 0.1) is 11.3 Å². The zero-order chi connectivity index (χ0) is 19.8. The van der Waals surface area contributed by atoms with Crippen LogP contribution >= 0.6 is 0 Å². The van der Waals surface area contributed by atoms with E-state index in [1.54, 1.807) is 36.4 Å². The third kappa shape index (κ3) is 5.05. The molecule has 0 saturated heterocycles. The normalized spacial score (nSPS) is 9.96. The molecule has 0 spiro atoms. The molecule has 0 bridgehead atoms. The first-order chi connectivity index (χ1) is 13.7.